The standard InChI is InChI=1S/C12H19ClO3/c1-9(4-5-16-11(3)14)6-12(15)7-10(2)8-13/h4,7,12,15H,5-6,8H2,1-3H3/b9-4+,10-7+. The Labute approximate surface area is 102 Å². The highest BCUT2D eigenvalue weighted by Crippen LogP contribution is 2.08. The van der Waals surface area contributed by atoms with Crippen molar-refractivity contribution in [2.24, 2.45) is 0 Å². The van der Waals surface area contributed by atoms with E-state index in [4.69, 9.17) is 16.3 Å². The minimum absolute atomic E-state index is 0.256. The predicted molar refractivity (Wildman–Crippen MR) is 65.5 cm³/mol. The van der Waals surface area contributed by atoms with Crippen molar-refractivity contribution in [3.8, 4) is 0 Å². The van der Waals surface area contributed by atoms with Gasteiger partial charge in [0.1, 0.15) is 6.61 Å². The number of hydrogen-bond acceptors (Lipinski definition) is 3. The summed E-state index contributed by atoms with van der Waals surface area (Å²) in [4.78, 5) is 10.5. The van der Waals surface area contributed by atoms with Crippen LogP contribution in [0.3, 0.4) is 0 Å². The summed E-state index contributed by atoms with van der Waals surface area (Å²) in [6.45, 7) is 5.38. The van der Waals surface area contributed by atoms with Crippen LogP contribution in [0.15, 0.2) is 23.3 Å². The van der Waals surface area contributed by atoms with E-state index in [-0.39, 0.29) is 12.6 Å². The van der Waals surface area contributed by atoms with Crippen LogP contribution in [0, 0.1) is 0 Å². The summed E-state index contributed by atoms with van der Waals surface area (Å²) < 4.78 is 4.76. The van der Waals surface area contributed by atoms with Gasteiger partial charge in [0.2, 0.25) is 0 Å². The third-order valence-electron chi connectivity index (χ3n) is 1.94. The van der Waals surface area contributed by atoms with E-state index in [0.717, 1.165) is 11.1 Å². The molecule has 1 atom stereocenters. The van der Waals surface area contributed by atoms with Crippen LogP contribution in [0.25, 0.3) is 0 Å². The van der Waals surface area contributed by atoms with Crippen molar-refractivity contribution in [2.45, 2.75) is 33.3 Å². The summed E-state index contributed by atoms with van der Waals surface area (Å²) in [6, 6.07) is 0. The Morgan fingerprint density at radius 1 is 1.38 bits per heavy atom. The van der Waals surface area contributed by atoms with Gasteiger partial charge in [0, 0.05) is 12.8 Å². The first kappa shape index (κ1) is 15.2. The van der Waals surface area contributed by atoms with Crippen molar-refractivity contribution in [1.29, 1.82) is 0 Å². The first-order valence-electron chi connectivity index (χ1n) is 5.16. The minimum Gasteiger partial charge on any atom is -0.462 e. The van der Waals surface area contributed by atoms with Gasteiger partial charge in [-0.1, -0.05) is 17.2 Å². The van der Waals surface area contributed by atoms with E-state index in [1.54, 1.807) is 12.2 Å². The number of carbonyl (C=O) groups is 1. The second-order valence-electron chi connectivity index (χ2n) is 3.77. The molecule has 0 aromatic rings. The lowest BCUT2D eigenvalue weighted by Crippen LogP contribution is -2.05. The molecule has 3 nitrogen and oxygen atoms in total. The first-order chi connectivity index (χ1) is 7.45. The van der Waals surface area contributed by atoms with Gasteiger partial charge in [0.25, 0.3) is 0 Å². The number of halogens is 1. The fourth-order valence-corrected chi connectivity index (χ4v) is 1.24. The Morgan fingerprint density at radius 3 is 2.50 bits per heavy atom. The van der Waals surface area contributed by atoms with Gasteiger partial charge in [-0.15, -0.1) is 11.6 Å². The number of allylic oxidation sites excluding steroid dienone is 1. The van der Waals surface area contributed by atoms with Gasteiger partial charge < -0.3 is 9.84 Å². The van der Waals surface area contributed by atoms with Crippen molar-refractivity contribution in [1.82, 2.24) is 0 Å². The summed E-state index contributed by atoms with van der Waals surface area (Å²) in [6.07, 6.45) is 3.51. The van der Waals surface area contributed by atoms with Crippen LogP contribution in [0.2, 0.25) is 0 Å². The molecule has 0 saturated carbocycles. The van der Waals surface area contributed by atoms with Gasteiger partial charge in [-0.25, -0.2) is 0 Å². The SMILES string of the molecule is CC(=O)OC/C=C(\C)CC(O)/C=C(\C)CCl. The lowest BCUT2D eigenvalue weighted by molar-refractivity contribution is -0.139. The zero-order chi connectivity index (χ0) is 12.6. The van der Waals surface area contributed by atoms with Crippen molar-refractivity contribution in [3.05, 3.63) is 23.3 Å². The van der Waals surface area contributed by atoms with Crippen molar-refractivity contribution in [3.63, 3.8) is 0 Å². The molecule has 0 rings (SSSR count). The molecule has 0 spiro atoms. The monoisotopic (exact) mass is 246 g/mol. The Hall–Kier alpha value is -0.800. The van der Waals surface area contributed by atoms with Crippen LogP contribution in [0.5, 0.6) is 0 Å². The number of aliphatic hydroxyl groups is 1. The predicted octanol–water partition coefficient (Wildman–Crippen LogP) is 2.43. The zero-order valence-electron chi connectivity index (χ0n) is 10.00. The summed E-state index contributed by atoms with van der Waals surface area (Å²) in [7, 11) is 0. The van der Waals surface area contributed by atoms with Crippen molar-refractivity contribution >= 4 is 17.6 Å². The molecule has 0 aliphatic heterocycles. The average Bonchev–Trinajstić information content (AvgIpc) is 2.16. The quantitative estimate of drug-likeness (QED) is 0.445. The molecule has 0 aliphatic carbocycles. The number of aliphatic hydroxyl groups excluding tert-OH is 1. The fourth-order valence-electron chi connectivity index (χ4n) is 1.15. The van der Waals surface area contributed by atoms with E-state index in [9.17, 15) is 9.90 Å². The number of rotatable bonds is 6. The van der Waals surface area contributed by atoms with Crippen molar-refractivity contribution < 1.29 is 14.6 Å². The molecule has 0 aromatic carbocycles. The topological polar surface area (TPSA) is 46.5 Å². The van der Waals surface area contributed by atoms with Crippen LogP contribution in [-0.2, 0) is 9.53 Å². The van der Waals surface area contributed by atoms with E-state index in [1.165, 1.54) is 6.92 Å². The number of carbonyl (C=O) groups excluding carboxylic acids is 1. The van der Waals surface area contributed by atoms with E-state index >= 15 is 0 Å². The lowest BCUT2D eigenvalue weighted by atomic mass is 10.1. The van der Waals surface area contributed by atoms with Crippen molar-refractivity contribution in [2.75, 3.05) is 12.5 Å². The minimum atomic E-state index is -0.535. The Kier molecular flexibility index (Phi) is 7.95. The zero-order valence-corrected chi connectivity index (χ0v) is 10.8. The molecular formula is C12H19ClO3. The molecule has 92 valence electrons. The molecule has 0 saturated heterocycles. The lowest BCUT2D eigenvalue weighted by Gasteiger charge is -2.07. The van der Waals surface area contributed by atoms with Crippen LogP contribution < -0.4 is 0 Å². The Morgan fingerprint density at radius 2 is 2.00 bits per heavy atom. The molecule has 4 heteroatoms. The van der Waals surface area contributed by atoms with E-state index < -0.39 is 6.10 Å². The van der Waals surface area contributed by atoms with Gasteiger partial charge in [-0.2, -0.15) is 0 Å². The largest absolute Gasteiger partial charge is 0.462 e. The molecule has 0 radical (unpaired) electrons. The van der Waals surface area contributed by atoms with Gasteiger partial charge >= 0.3 is 5.97 Å². The van der Waals surface area contributed by atoms with Crippen LogP contribution >= 0.6 is 11.6 Å². The number of alkyl halides is 1. The maximum absolute atomic E-state index is 10.5. The molecule has 0 bridgehead atoms. The highest BCUT2D eigenvalue weighted by molar-refractivity contribution is 6.19. The highest BCUT2D eigenvalue weighted by Gasteiger charge is 2.02. The number of ether oxygens (including phenoxy) is 1. The van der Waals surface area contributed by atoms with Gasteiger partial charge in [0.15, 0.2) is 0 Å². The molecule has 0 aliphatic rings. The highest BCUT2D eigenvalue weighted by atomic mass is 35.5. The van der Waals surface area contributed by atoms with Crippen LogP contribution in [0.4, 0.5) is 0 Å². The molecule has 0 heterocycles. The first-order valence-corrected chi connectivity index (χ1v) is 5.69. The van der Waals surface area contributed by atoms with Gasteiger partial charge in [-0.3, -0.25) is 4.79 Å². The second-order valence-corrected chi connectivity index (χ2v) is 4.04. The molecular weight excluding hydrogens is 228 g/mol. The molecule has 0 amide bonds. The molecule has 16 heavy (non-hydrogen) atoms. The average molecular weight is 247 g/mol. The van der Waals surface area contributed by atoms with Gasteiger partial charge in [0.05, 0.1) is 6.10 Å². The Balaban J connectivity index is 4.03. The number of hydrogen-bond donors (Lipinski definition) is 1. The van der Waals surface area contributed by atoms with E-state index in [0.29, 0.717) is 12.3 Å². The third-order valence-corrected chi connectivity index (χ3v) is 2.36. The van der Waals surface area contributed by atoms with Gasteiger partial charge in [-0.05, 0) is 26.3 Å². The third kappa shape index (κ3) is 8.50. The normalized spacial score (nSPS) is 14.8. The smallest absolute Gasteiger partial charge is 0.302 e. The second kappa shape index (κ2) is 8.36. The molecule has 1 unspecified atom stereocenters. The summed E-state index contributed by atoms with van der Waals surface area (Å²) in [5, 5.41) is 9.65. The van der Waals surface area contributed by atoms with Crippen LogP contribution in [0.1, 0.15) is 27.2 Å². The summed E-state index contributed by atoms with van der Waals surface area (Å²) >= 11 is 5.60. The van der Waals surface area contributed by atoms with Crippen LogP contribution in [-0.4, -0.2) is 29.7 Å². The molecule has 1 N–H and O–H groups in total. The molecule has 0 aromatic heterocycles. The van der Waals surface area contributed by atoms with E-state index in [1.807, 2.05) is 13.8 Å². The fraction of sp³-hybridized carbons (Fsp3) is 0.583. The number of esters is 1. The summed E-state index contributed by atoms with van der Waals surface area (Å²) in [5.74, 6) is 0.121. The van der Waals surface area contributed by atoms with E-state index in [2.05, 4.69) is 0 Å². The maximum Gasteiger partial charge on any atom is 0.302 e. The summed E-state index contributed by atoms with van der Waals surface area (Å²) in [5.41, 5.74) is 1.93. The maximum atomic E-state index is 10.5. The molecule has 0 fully saturated rings. The Bertz CT molecular complexity index is 282.